The quantitative estimate of drug-likeness (QED) is 0.469. The maximum absolute atomic E-state index is 10.6. The molecule has 0 bridgehead atoms. The number of allylic oxidation sites excluding steroid dienone is 1. The lowest BCUT2D eigenvalue weighted by molar-refractivity contribution is -0.133. The molecule has 4 heteroatoms. The van der Waals surface area contributed by atoms with Crippen LogP contribution in [0.1, 0.15) is 11.1 Å². The Morgan fingerprint density at radius 2 is 1.64 bits per heavy atom. The van der Waals surface area contributed by atoms with E-state index >= 15 is 0 Å². The number of rotatable bonds is 9. The van der Waals surface area contributed by atoms with Crippen LogP contribution >= 0.6 is 11.8 Å². The van der Waals surface area contributed by atoms with Gasteiger partial charge in [0.1, 0.15) is 5.75 Å². The Balaban J connectivity index is 1.49. The number of aliphatic carboxylic acids is 1. The highest BCUT2D eigenvalue weighted by molar-refractivity contribution is 7.99. The van der Waals surface area contributed by atoms with E-state index in [1.807, 2.05) is 48.5 Å². The lowest BCUT2D eigenvalue weighted by atomic mass is 10.0. The lowest BCUT2D eigenvalue weighted by Gasteiger charge is -2.04. The molecule has 0 fully saturated rings. The Labute approximate surface area is 169 Å². The first-order valence-corrected chi connectivity index (χ1v) is 10.2. The second kappa shape index (κ2) is 10.4. The molecule has 28 heavy (non-hydrogen) atoms. The first kappa shape index (κ1) is 19.8. The summed E-state index contributed by atoms with van der Waals surface area (Å²) >= 11 is 1.38. The molecule has 0 aliphatic heterocycles. The summed E-state index contributed by atoms with van der Waals surface area (Å²) in [5, 5.41) is 8.70. The van der Waals surface area contributed by atoms with Gasteiger partial charge in [-0.25, -0.2) is 0 Å². The number of hydrogen-bond acceptors (Lipinski definition) is 3. The highest BCUT2D eigenvalue weighted by Crippen LogP contribution is 2.20. The Hall–Kier alpha value is -2.98. The molecular weight excluding hydrogens is 368 g/mol. The van der Waals surface area contributed by atoms with Gasteiger partial charge in [-0.15, -0.1) is 11.8 Å². The summed E-state index contributed by atoms with van der Waals surface area (Å²) in [6.07, 6.45) is 4.49. The van der Waals surface area contributed by atoms with Crippen LogP contribution in [0.15, 0.2) is 91.2 Å². The molecule has 142 valence electrons. The van der Waals surface area contributed by atoms with Crippen LogP contribution in [-0.4, -0.2) is 16.8 Å². The molecule has 0 aromatic heterocycles. The number of ether oxygens (including phenoxy) is 1. The number of thioether (sulfide) groups is 1. The molecule has 1 N–H and O–H groups in total. The minimum absolute atomic E-state index is 0.105. The Morgan fingerprint density at radius 1 is 0.893 bits per heavy atom. The highest BCUT2D eigenvalue weighted by Gasteiger charge is 2.00. The third-order valence-corrected chi connectivity index (χ3v) is 5.10. The standard InChI is InChI=1S/C24H22O3S/c25-24(26)18-28-17-20-6-4-10-23(16-20)27-15-5-7-19-11-13-22(14-12-19)21-8-2-1-3-9-21/h1-6,8-16H,7,17-18H2,(H,25,26)/b15-5+. The smallest absolute Gasteiger partial charge is 0.313 e. The number of hydrogen-bond donors (Lipinski definition) is 1. The minimum Gasteiger partial charge on any atom is -0.481 e. The average molecular weight is 391 g/mol. The van der Waals surface area contributed by atoms with E-state index in [4.69, 9.17) is 9.84 Å². The van der Waals surface area contributed by atoms with E-state index in [-0.39, 0.29) is 5.75 Å². The normalized spacial score (nSPS) is 10.9. The van der Waals surface area contributed by atoms with E-state index in [0.29, 0.717) is 5.75 Å². The van der Waals surface area contributed by atoms with Crippen LogP contribution in [0.3, 0.4) is 0 Å². The first-order chi connectivity index (χ1) is 13.7. The molecule has 0 unspecified atom stereocenters. The fraction of sp³-hybridized carbons (Fsp3) is 0.125. The number of benzene rings is 3. The molecule has 0 spiro atoms. The Bertz CT molecular complexity index is 918. The molecule has 0 aliphatic rings. The van der Waals surface area contributed by atoms with Crippen LogP contribution < -0.4 is 4.74 Å². The number of carboxylic acids is 1. The summed E-state index contributed by atoms with van der Waals surface area (Å²) in [6.45, 7) is 0. The van der Waals surface area contributed by atoms with Crippen molar-refractivity contribution in [3.8, 4) is 16.9 Å². The zero-order valence-electron chi connectivity index (χ0n) is 15.5. The zero-order valence-corrected chi connectivity index (χ0v) is 16.3. The molecule has 0 atom stereocenters. The summed E-state index contributed by atoms with van der Waals surface area (Å²) in [7, 11) is 0. The molecule has 0 amide bonds. The molecule has 3 aromatic rings. The van der Waals surface area contributed by atoms with Crippen molar-refractivity contribution >= 4 is 17.7 Å². The second-order valence-electron chi connectivity index (χ2n) is 6.29. The van der Waals surface area contributed by atoms with Crippen molar-refractivity contribution in [2.75, 3.05) is 5.75 Å². The second-order valence-corrected chi connectivity index (χ2v) is 7.28. The number of carbonyl (C=O) groups is 1. The third kappa shape index (κ3) is 6.32. The molecule has 0 saturated heterocycles. The fourth-order valence-corrected chi connectivity index (χ4v) is 3.43. The maximum Gasteiger partial charge on any atom is 0.313 e. The van der Waals surface area contributed by atoms with Crippen LogP contribution in [0, 0.1) is 0 Å². The van der Waals surface area contributed by atoms with E-state index in [1.165, 1.54) is 28.5 Å². The van der Waals surface area contributed by atoms with Crippen LogP contribution in [-0.2, 0) is 17.0 Å². The van der Waals surface area contributed by atoms with Gasteiger partial charge in [-0.2, -0.15) is 0 Å². The van der Waals surface area contributed by atoms with Gasteiger partial charge in [-0.1, -0.05) is 66.7 Å². The van der Waals surface area contributed by atoms with Crippen molar-refractivity contribution in [3.05, 3.63) is 102 Å². The number of carboxylic acid groups (broad SMARTS) is 1. The lowest BCUT2D eigenvalue weighted by Crippen LogP contribution is -1.98. The molecule has 0 radical (unpaired) electrons. The van der Waals surface area contributed by atoms with Gasteiger partial charge < -0.3 is 9.84 Å². The van der Waals surface area contributed by atoms with Crippen molar-refractivity contribution < 1.29 is 14.6 Å². The third-order valence-electron chi connectivity index (χ3n) is 4.11. The molecule has 0 aliphatic carbocycles. The first-order valence-electron chi connectivity index (χ1n) is 9.05. The van der Waals surface area contributed by atoms with Gasteiger partial charge in [0.15, 0.2) is 0 Å². The van der Waals surface area contributed by atoms with Crippen molar-refractivity contribution in [2.24, 2.45) is 0 Å². The Morgan fingerprint density at radius 3 is 2.39 bits per heavy atom. The highest BCUT2D eigenvalue weighted by atomic mass is 32.2. The van der Waals surface area contributed by atoms with Crippen LogP contribution in [0.5, 0.6) is 5.75 Å². The predicted octanol–water partition coefficient (Wildman–Crippen LogP) is 5.81. The van der Waals surface area contributed by atoms with Gasteiger partial charge in [-0.3, -0.25) is 4.79 Å². The topological polar surface area (TPSA) is 46.5 Å². The van der Waals surface area contributed by atoms with E-state index in [0.717, 1.165) is 17.7 Å². The SMILES string of the molecule is O=C(O)CSCc1cccc(O/C=C/Cc2ccc(-c3ccccc3)cc2)c1. The molecule has 3 rings (SSSR count). The van der Waals surface area contributed by atoms with Gasteiger partial charge in [0, 0.05) is 5.75 Å². The summed E-state index contributed by atoms with van der Waals surface area (Å²) in [5.74, 6) is 0.718. The monoisotopic (exact) mass is 390 g/mol. The Kier molecular flexibility index (Phi) is 7.33. The minimum atomic E-state index is -0.794. The van der Waals surface area contributed by atoms with Crippen molar-refractivity contribution in [3.63, 3.8) is 0 Å². The summed E-state index contributed by atoms with van der Waals surface area (Å²) in [4.78, 5) is 10.6. The summed E-state index contributed by atoms with van der Waals surface area (Å²) in [5.41, 5.74) is 4.70. The molecule has 3 nitrogen and oxygen atoms in total. The van der Waals surface area contributed by atoms with E-state index in [2.05, 4.69) is 36.4 Å². The maximum atomic E-state index is 10.6. The molecule has 3 aromatic carbocycles. The van der Waals surface area contributed by atoms with Crippen LogP contribution in [0.4, 0.5) is 0 Å². The van der Waals surface area contributed by atoms with Crippen molar-refractivity contribution in [2.45, 2.75) is 12.2 Å². The van der Waals surface area contributed by atoms with Crippen LogP contribution in [0.25, 0.3) is 11.1 Å². The molecule has 0 saturated carbocycles. The largest absolute Gasteiger partial charge is 0.481 e. The van der Waals surface area contributed by atoms with Gasteiger partial charge in [0.2, 0.25) is 0 Å². The van der Waals surface area contributed by atoms with Crippen molar-refractivity contribution in [1.82, 2.24) is 0 Å². The molecular formula is C24H22O3S. The van der Waals surface area contributed by atoms with Gasteiger partial charge in [-0.05, 0) is 46.9 Å². The van der Waals surface area contributed by atoms with Gasteiger partial charge >= 0.3 is 5.97 Å². The summed E-state index contributed by atoms with van der Waals surface area (Å²) in [6, 6.07) is 26.6. The van der Waals surface area contributed by atoms with Gasteiger partial charge in [0.05, 0.1) is 12.0 Å². The van der Waals surface area contributed by atoms with E-state index < -0.39 is 5.97 Å². The zero-order chi connectivity index (χ0) is 19.6. The fourth-order valence-electron chi connectivity index (χ4n) is 2.74. The van der Waals surface area contributed by atoms with E-state index in [9.17, 15) is 4.79 Å². The average Bonchev–Trinajstić information content (AvgIpc) is 2.72. The van der Waals surface area contributed by atoms with E-state index in [1.54, 1.807) is 6.26 Å². The molecule has 0 heterocycles. The predicted molar refractivity (Wildman–Crippen MR) is 116 cm³/mol. The summed E-state index contributed by atoms with van der Waals surface area (Å²) < 4.78 is 5.68. The van der Waals surface area contributed by atoms with Crippen LogP contribution in [0.2, 0.25) is 0 Å². The van der Waals surface area contributed by atoms with Crippen molar-refractivity contribution in [1.29, 1.82) is 0 Å². The van der Waals surface area contributed by atoms with Gasteiger partial charge in [0.25, 0.3) is 0 Å².